The summed E-state index contributed by atoms with van der Waals surface area (Å²) in [6, 6.07) is 9.04. The number of pyridine rings is 2. The highest BCUT2D eigenvalue weighted by Gasteiger charge is 2.21. The summed E-state index contributed by atoms with van der Waals surface area (Å²) in [6.45, 7) is 4.94. The fourth-order valence-electron chi connectivity index (χ4n) is 2.51. The quantitative estimate of drug-likeness (QED) is 0.711. The summed E-state index contributed by atoms with van der Waals surface area (Å²) in [5.74, 6) is -0.0925. The first-order chi connectivity index (χ1) is 12.6. The number of rotatable bonds is 6. The van der Waals surface area contributed by atoms with E-state index in [1.54, 1.807) is 35.1 Å². The van der Waals surface area contributed by atoms with E-state index < -0.39 is 0 Å². The van der Waals surface area contributed by atoms with Gasteiger partial charge in [-0.2, -0.15) is 0 Å². The first-order valence-electron chi connectivity index (χ1n) is 8.48. The number of carbonyl (C=O) groups excluding carboxylic acids is 2. The number of aromatic nitrogens is 3. The van der Waals surface area contributed by atoms with E-state index in [2.05, 4.69) is 20.6 Å². The molecule has 3 rings (SSSR count). The highest BCUT2D eigenvalue weighted by Crippen LogP contribution is 2.13. The van der Waals surface area contributed by atoms with Crippen molar-refractivity contribution in [3.05, 3.63) is 66.0 Å². The fourth-order valence-corrected chi connectivity index (χ4v) is 2.51. The highest BCUT2D eigenvalue weighted by atomic mass is 16.2. The molecule has 7 heteroatoms. The van der Waals surface area contributed by atoms with Gasteiger partial charge in [-0.05, 0) is 35.7 Å². The van der Waals surface area contributed by atoms with Crippen molar-refractivity contribution in [2.24, 2.45) is 5.92 Å². The van der Waals surface area contributed by atoms with Gasteiger partial charge in [-0.1, -0.05) is 19.9 Å². The second kappa shape index (κ2) is 7.77. The molecule has 0 unspecified atom stereocenters. The highest BCUT2D eigenvalue weighted by molar-refractivity contribution is 6.02. The lowest BCUT2D eigenvalue weighted by atomic mass is 10.2. The molecular formula is C19H21N5O2. The van der Waals surface area contributed by atoms with Gasteiger partial charge in [0.05, 0.1) is 5.52 Å². The zero-order valence-corrected chi connectivity index (χ0v) is 14.8. The molecule has 0 spiro atoms. The number of imidazole rings is 1. The number of hydrogen-bond acceptors (Lipinski definition) is 4. The van der Waals surface area contributed by atoms with E-state index in [4.69, 9.17) is 0 Å². The van der Waals surface area contributed by atoms with Crippen molar-refractivity contribution >= 4 is 17.3 Å². The first kappa shape index (κ1) is 17.6. The van der Waals surface area contributed by atoms with E-state index in [9.17, 15) is 9.59 Å². The van der Waals surface area contributed by atoms with Crippen LogP contribution in [0.25, 0.3) is 5.52 Å². The van der Waals surface area contributed by atoms with Crippen LogP contribution in [-0.2, 0) is 6.54 Å². The SMILES string of the molecule is CC(C)CNC(=O)c1nc(C(=O)NCc2ccncc2)c2ccccn12. The molecule has 0 radical (unpaired) electrons. The standard InChI is InChI=1S/C19H21N5O2/c1-13(2)11-21-19(26)17-23-16(15-5-3-4-10-24(15)17)18(25)22-12-14-6-8-20-9-7-14/h3-10,13H,11-12H2,1-2H3,(H,21,26)(H,22,25). The fraction of sp³-hybridized carbons (Fsp3) is 0.263. The normalized spacial score (nSPS) is 10.9. The van der Waals surface area contributed by atoms with Crippen molar-refractivity contribution in [2.45, 2.75) is 20.4 Å². The minimum absolute atomic E-state index is 0.204. The lowest BCUT2D eigenvalue weighted by molar-refractivity contribution is 0.0938. The number of hydrogen-bond donors (Lipinski definition) is 2. The van der Waals surface area contributed by atoms with E-state index in [1.807, 2.05) is 32.0 Å². The van der Waals surface area contributed by atoms with Crippen LogP contribution in [0.15, 0.2) is 48.9 Å². The molecule has 3 aromatic rings. The first-order valence-corrected chi connectivity index (χ1v) is 8.48. The Morgan fingerprint density at radius 2 is 1.85 bits per heavy atom. The summed E-state index contributed by atoms with van der Waals surface area (Å²) in [6.07, 6.45) is 5.07. The maximum absolute atomic E-state index is 12.6. The van der Waals surface area contributed by atoms with Crippen LogP contribution in [-0.4, -0.2) is 32.7 Å². The molecule has 26 heavy (non-hydrogen) atoms. The van der Waals surface area contributed by atoms with Crippen LogP contribution in [0, 0.1) is 5.92 Å². The van der Waals surface area contributed by atoms with Crippen molar-refractivity contribution in [1.29, 1.82) is 0 Å². The van der Waals surface area contributed by atoms with Gasteiger partial charge in [0.25, 0.3) is 11.8 Å². The van der Waals surface area contributed by atoms with E-state index in [0.717, 1.165) is 5.56 Å². The van der Waals surface area contributed by atoms with Gasteiger partial charge < -0.3 is 10.6 Å². The maximum atomic E-state index is 12.6. The molecular weight excluding hydrogens is 330 g/mol. The molecule has 0 aromatic carbocycles. The molecule has 134 valence electrons. The molecule has 0 aliphatic rings. The van der Waals surface area contributed by atoms with Crippen LogP contribution < -0.4 is 10.6 Å². The Balaban J connectivity index is 1.84. The third-order valence-electron chi connectivity index (χ3n) is 3.84. The van der Waals surface area contributed by atoms with Crippen LogP contribution in [0.5, 0.6) is 0 Å². The maximum Gasteiger partial charge on any atom is 0.287 e. The van der Waals surface area contributed by atoms with Gasteiger partial charge in [0.2, 0.25) is 5.82 Å². The zero-order chi connectivity index (χ0) is 18.5. The molecule has 0 aliphatic heterocycles. The second-order valence-electron chi connectivity index (χ2n) is 6.38. The summed E-state index contributed by atoms with van der Waals surface area (Å²) in [5.41, 5.74) is 1.76. The van der Waals surface area contributed by atoms with E-state index in [1.165, 1.54) is 0 Å². The lowest BCUT2D eigenvalue weighted by Crippen LogP contribution is -2.29. The smallest absolute Gasteiger partial charge is 0.287 e. The molecule has 0 fully saturated rings. The van der Waals surface area contributed by atoms with Crippen molar-refractivity contribution in [2.75, 3.05) is 6.54 Å². The zero-order valence-electron chi connectivity index (χ0n) is 14.8. The minimum Gasteiger partial charge on any atom is -0.349 e. The topological polar surface area (TPSA) is 88.4 Å². The van der Waals surface area contributed by atoms with E-state index in [0.29, 0.717) is 24.5 Å². The monoisotopic (exact) mass is 351 g/mol. The molecule has 2 N–H and O–H groups in total. The van der Waals surface area contributed by atoms with Crippen LogP contribution in [0.3, 0.4) is 0 Å². The predicted octanol–water partition coefficient (Wildman–Crippen LogP) is 2.05. The summed E-state index contributed by atoms with van der Waals surface area (Å²) < 4.78 is 1.64. The number of fused-ring (bicyclic) bond motifs is 1. The number of nitrogens with zero attached hydrogens (tertiary/aromatic N) is 3. The van der Waals surface area contributed by atoms with Crippen LogP contribution in [0.4, 0.5) is 0 Å². The van der Waals surface area contributed by atoms with Crippen molar-refractivity contribution < 1.29 is 9.59 Å². The number of carbonyl (C=O) groups is 2. The van der Waals surface area contributed by atoms with Crippen molar-refractivity contribution in [1.82, 2.24) is 25.0 Å². The van der Waals surface area contributed by atoms with Gasteiger partial charge in [0.15, 0.2) is 5.69 Å². The Morgan fingerprint density at radius 1 is 1.08 bits per heavy atom. The van der Waals surface area contributed by atoms with Crippen LogP contribution >= 0.6 is 0 Å². The third-order valence-corrected chi connectivity index (χ3v) is 3.84. The summed E-state index contributed by atoms with van der Waals surface area (Å²) >= 11 is 0. The summed E-state index contributed by atoms with van der Waals surface area (Å²) in [7, 11) is 0. The lowest BCUT2D eigenvalue weighted by Gasteiger charge is -2.06. The number of amides is 2. The molecule has 0 saturated heterocycles. The summed E-state index contributed by atoms with van der Waals surface area (Å²) in [5, 5.41) is 5.68. The Hall–Kier alpha value is -3.22. The average molecular weight is 351 g/mol. The predicted molar refractivity (Wildman–Crippen MR) is 97.8 cm³/mol. The van der Waals surface area contributed by atoms with Gasteiger partial charge in [-0.25, -0.2) is 4.98 Å². The molecule has 0 bridgehead atoms. The van der Waals surface area contributed by atoms with Gasteiger partial charge in [0.1, 0.15) is 0 Å². The van der Waals surface area contributed by atoms with Crippen molar-refractivity contribution in [3.63, 3.8) is 0 Å². The van der Waals surface area contributed by atoms with Crippen LogP contribution in [0.2, 0.25) is 0 Å². The molecule has 3 aromatic heterocycles. The Morgan fingerprint density at radius 3 is 2.58 bits per heavy atom. The van der Waals surface area contributed by atoms with Crippen molar-refractivity contribution in [3.8, 4) is 0 Å². The molecule has 2 amide bonds. The van der Waals surface area contributed by atoms with Gasteiger partial charge in [0, 0.05) is 31.7 Å². The van der Waals surface area contributed by atoms with Crippen LogP contribution in [0.1, 0.15) is 40.5 Å². The Kier molecular flexibility index (Phi) is 5.26. The molecule has 0 aliphatic carbocycles. The van der Waals surface area contributed by atoms with Gasteiger partial charge >= 0.3 is 0 Å². The van der Waals surface area contributed by atoms with E-state index in [-0.39, 0.29) is 23.3 Å². The molecule has 7 nitrogen and oxygen atoms in total. The average Bonchev–Trinajstić information content (AvgIpc) is 3.05. The molecule has 3 heterocycles. The largest absolute Gasteiger partial charge is 0.349 e. The third kappa shape index (κ3) is 3.88. The molecule has 0 atom stereocenters. The summed E-state index contributed by atoms with van der Waals surface area (Å²) in [4.78, 5) is 33.3. The Labute approximate surface area is 151 Å². The Bertz CT molecular complexity index is 918. The molecule has 0 saturated carbocycles. The minimum atomic E-state index is -0.326. The second-order valence-corrected chi connectivity index (χ2v) is 6.38. The number of nitrogens with one attached hydrogen (secondary N) is 2. The van der Waals surface area contributed by atoms with E-state index >= 15 is 0 Å². The van der Waals surface area contributed by atoms with Gasteiger partial charge in [-0.15, -0.1) is 0 Å². The van der Waals surface area contributed by atoms with Gasteiger partial charge in [-0.3, -0.25) is 19.0 Å².